The summed E-state index contributed by atoms with van der Waals surface area (Å²) < 4.78 is 11.0. The second-order valence-electron chi connectivity index (χ2n) is 4.29. The normalized spacial score (nSPS) is 10.3. The van der Waals surface area contributed by atoms with Crippen LogP contribution in [0.25, 0.3) is 0 Å². The number of methoxy groups -OCH3 is 1. The third kappa shape index (κ3) is 3.32. The highest BCUT2D eigenvalue weighted by Crippen LogP contribution is 2.28. The van der Waals surface area contributed by atoms with Gasteiger partial charge in [-0.05, 0) is 42.8 Å². The molecular weight excluding hydrogens is 262 g/mol. The van der Waals surface area contributed by atoms with E-state index >= 15 is 0 Å². The Labute approximate surface area is 117 Å². The third-order valence-electron chi connectivity index (χ3n) is 2.78. The highest BCUT2D eigenvalue weighted by atomic mass is 35.5. The van der Waals surface area contributed by atoms with Gasteiger partial charge in [0.2, 0.25) is 0 Å². The lowest BCUT2D eigenvalue weighted by Crippen LogP contribution is -2.00. The molecule has 19 heavy (non-hydrogen) atoms. The molecule has 0 heterocycles. The Morgan fingerprint density at radius 3 is 2.53 bits per heavy atom. The van der Waals surface area contributed by atoms with E-state index in [1.165, 1.54) is 0 Å². The van der Waals surface area contributed by atoms with E-state index in [2.05, 4.69) is 0 Å². The number of nitrogen functional groups attached to an aromatic ring is 1. The summed E-state index contributed by atoms with van der Waals surface area (Å²) in [4.78, 5) is 0. The van der Waals surface area contributed by atoms with Gasteiger partial charge in [0.05, 0.1) is 12.1 Å². The van der Waals surface area contributed by atoms with Crippen LogP contribution < -0.4 is 15.2 Å². The molecule has 0 aromatic heterocycles. The van der Waals surface area contributed by atoms with Gasteiger partial charge < -0.3 is 15.2 Å². The largest absolute Gasteiger partial charge is 0.496 e. The number of rotatable bonds is 4. The zero-order valence-electron chi connectivity index (χ0n) is 10.9. The zero-order chi connectivity index (χ0) is 13.8. The van der Waals surface area contributed by atoms with Crippen molar-refractivity contribution in [3.8, 4) is 11.5 Å². The maximum absolute atomic E-state index is 6.12. The summed E-state index contributed by atoms with van der Waals surface area (Å²) in [6, 6.07) is 11.1. The number of nitrogens with two attached hydrogens (primary N) is 1. The van der Waals surface area contributed by atoms with Crippen LogP contribution in [0.1, 0.15) is 11.1 Å². The van der Waals surface area contributed by atoms with Crippen LogP contribution in [0.3, 0.4) is 0 Å². The summed E-state index contributed by atoms with van der Waals surface area (Å²) in [5.74, 6) is 1.40. The molecule has 0 spiro atoms. The summed E-state index contributed by atoms with van der Waals surface area (Å²) in [6.45, 7) is 2.34. The summed E-state index contributed by atoms with van der Waals surface area (Å²) in [5, 5.41) is 0.600. The van der Waals surface area contributed by atoms with Crippen LogP contribution in [-0.2, 0) is 6.61 Å². The Morgan fingerprint density at radius 2 is 1.84 bits per heavy atom. The lowest BCUT2D eigenvalue weighted by molar-refractivity contribution is 0.297. The number of aryl methyl sites for hydroxylation is 1. The lowest BCUT2D eigenvalue weighted by Gasteiger charge is -2.12. The van der Waals surface area contributed by atoms with Crippen LogP contribution in [0.15, 0.2) is 36.4 Å². The molecule has 0 atom stereocenters. The lowest BCUT2D eigenvalue weighted by atomic mass is 10.2. The highest BCUT2D eigenvalue weighted by Gasteiger charge is 2.06. The molecule has 0 aliphatic rings. The van der Waals surface area contributed by atoms with Crippen molar-refractivity contribution < 1.29 is 9.47 Å². The molecule has 0 unspecified atom stereocenters. The molecule has 2 aromatic rings. The van der Waals surface area contributed by atoms with Crippen molar-refractivity contribution in [2.24, 2.45) is 0 Å². The van der Waals surface area contributed by atoms with E-state index in [1.54, 1.807) is 13.2 Å². The first-order chi connectivity index (χ1) is 9.10. The Bertz CT molecular complexity index is 584. The molecule has 4 heteroatoms. The van der Waals surface area contributed by atoms with Crippen LogP contribution in [0.4, 0.5) is 5.69 Å². The molecule has 2 rings (SSSR count). The first kappa shape index (κ1) is 13.6. The molecule has 0 radical (unpaired) electrons. The molecule has 0 saturated carbocycles. The number of anilines is 1. The Balaban J connectivity index is 2.16. The average Bonchev–Trinajstić information content (AvgIpc) is 2.38. The number of hydrogen-bond acceptors (Lipinski definition) is 3. The highest BCUT2D eigenvalue weighted by molar-refractivity contribution is 6.32. The summed E-state index contributed by atoms with van der Waals surface area (Å²) in [5.41, 5.74) is 8.42. The molecule has 0 bridgehead atoms. The van der Waals surface area contributed by atoms with Gasteiger partial charge in [-0.2, -0.15) is 0 Å². The van der Waals surface area contributed by atoms with E-state index in [9.17, 15) is 0 Å². The number of hydrogen-bond donors (Lipinski definition) is 1. The van der Waals surface area contributed by atoms with Gasteiger partial charge in [0, 0.05) is 11.3 Å². The van der Waals surface area contributed by atoms with Crippen molar-refractivity contribution in [3.05, 3.63) is 52.5 Å². The zero-order valence-corrected chi connectivity index (χ0v) is 11.7. The van der Waals surface area contributed by atoms with E-state index in [1.807, 2.05) is 37.3 Å². The minimum Gasteiger partial charge on any atom is -0.496 e. The van der Waals surface area contributed by atoms with Crippen molar-refractivity contribution in [2.45, 2.75) is 13.5 Å². The molecular formula is C15H16ClNO2. The fourth-order valence-corrected chi connectivity index (χ4v) is 2.08. The van der Waals surface area contributed by atoms with Gasteiger partial charge in [-0.15, -0.1) is 0 Å². The van der Waals surface area contributed by atoms with Crippen molar-refractivity contribution in [1.82, 2.24) is 0 Å². The van der Waals surface area contributed by atoms with E-state index in [0.717, 1.165) is 16.9 Å². The van der Waals surface area contributed by atoms with Crippen LogP contribution in [0.2, 0.25) is 5.02 Å². The van der Waals surface area contributed by atoms with Gasteiger partial charge in [-0.3, -0.25) is 0 Å². The van der Waals surface area contributed by atoms with Gasteiger partial charge in [-0.1, -0.05) is 17.7 Å². The molecule has 0 aliphatic heterocycles. The predicted molar refractivity (Wildman–Crippen MR) is 77.9 cm³/mol. The van der Waals surface area contributed by atoms with E-state index < -0.39 is 0 Å². The van der Waals surface area contributed by atoms with Gasteiger partial charge in [0.15, 0.2) is 0 Å². The van der Waals surface area contributed by atoms with Crippen LogP contribution in [-0.4, -0.2) is 7.11 Å². The van der Waals surface area contributed by atoms with Gasteiger partial charge in [0.25, 0.3) is 0 Å². The minimum atomic E-state index is 0.358. The minimum absolute atomic E-state index is 0.358. The molecule has 2 N–H and O–H groups in total. The van der Waals surface area contributed by atoms with Gasteiger partial charge in [-0.25, -0.2) is 0 Å². The van der Waals surface area contributed by atoms with Crippen molar-refractivity contribution in [1.29, 1.82) is 0 Å². The number of benzene rings is 2. The Kier molecular flexibility index (Phi) is 4.17. The maximum Gasteiger partial charge on any atom is 0.138 e. The Morgan fingerprint density at radius 1 is 1.11 bits per heavy atom. The van der Waals surface area contributed by atoms with E-state index in [0.29, 0.717) is 23.1 Å². The summed E-state index contributed by atoms with van der Waals surface area (Å²) in [7, 11) is 1.62. The Hall–Kier alpha value is -1.87. The molecule has 0 amide bonds. The molecule has 0 aliphatic carbocycles. The SMILES string of the molecule is COc1ccc(N)cc1COc1ccc(C)cc1Cl. The summed E-state index contributed by atoms with van der Waals surface area (Å²) >= 11 is 6.12. The third-order valence-corrected chi connectivity index (χ3v) is 3.07. The number of halogens is 1. The van der Waals surface area contributed by atoms with Crippen molar-refractivity contribution >= 4 is 17.3 Å². The van der Waals surface area contributed by atoms with Crippen molar-refractivity contribution in [3.63, 3.8) is 0 Å². The first-order valence-corrected chi connectivity index (χ1v) is 6.29. The average molecular weight is 278 g/mol. The van der Waals surface area contributed by atoms with E-state index in [4.69, 9.17) is 26.8 Å². The fraction of sp³-hybridized carbons (Fsp3) is 0.200. The quantitative estimate of drug-likeness (QED) is 0.864. The van der Waals surface area contributed by atoms with Crippen molar-refractivity contribution in [2.75, 3.05) is 12.8 Å². The van der Waals surface area contributed by atoms with Crippen LogP contribution >= 0.6 is 11.6 Å². The fourth-order valence-electron chi connectivity index (χ4n) is 1.79. The summed E-state index contributed by atoms with van der Waals surface area (Å²) in [6.07, 6.45) is 0. The van der Waals surface area contributed by atoms with Crippen LogP contribution in [0.5, 0.6) is 11.5 Å². The topological polar surface area (TPSA) is 44.5 Å². The maximum atomic E-state index is 6.12. The van der Waals surface area contributed by atoms with Gasteiger partial charge >= 0.3 is 0 Å². The monoisotopic (exact) mass is 277 g/mol. The second kappa shape index (κ2) is 5.85. The smallest absolute Gasteiger partial charge is 0.138 e. The molecule has 3 nitrogen and oxygen atoms in total. The standard InChI is InChI=1S/C15H16ClNO2/c1-10-3-5-15(13(16)7-10)19-9-11-8-12(17)4-6-14(11)18-2/h3-8H,9,17H2,1-2H3. The molecule has 0 fully saturated rings. The van der Waals surface area contributed by atoms with Crippen LogP contribution in [0, 0.1) is 6.92 Å². The number of ether oxygens (including phenoxy) is 2. The van der Waals surface area contributed by atoms with Gasteiger partial charge in [0.1, 0.15) is 18.1 Å². The predicted octanol–water partition coefficient (Wildman–Crippen LogP) is 3.82. The van der Waals surface area contributed by atoms with E-state index in [-0.39, 0.29) is 0 Å². The molecule has 2 aromatic carbocycles. The first-order valence-electron chi connectivity index (χ1n) is 5.91. The molecule has 100 valence electrons. The second-order valence-corrected chi connectivity index (χ2v) is 4.70. The molecule has 0 saturated heterocycles.